The number of amides is 1. The van der Waals surface area contributed by atoms with Gasteiger partial charge in [-0.3, -0.25) is 4.79 Å². The van der Waals surface area contributed by atoms with Gasteiger partial charge < -0.3 is 14.8 Å². The van der Waals surface area contributed by atoms with Crippen molar-refractivity contribution in [1.29, 1.82) is 0 Å². The predicted molar refractivity (Wildman–Crippen MR) is 91.0 cm³/mol. The summed E-state index contributed by atoms with van der Waals surface area (Å²) in [6.45, 7) is 3.37. The molecule has 1 saturated carbocycles. The maximum atomic E-state index is 11.6. The lowest BCUT2D eigenvalue weighted by Crippen LogP contribution is -2.59. The summed E-state index contributed by atoms with van der Waals surface area (Å²) in [5.74, 6) is -2.21. The normalized spacial score (nSPS) is 43.7. The maximum Gasteiger partial charge on any atom is 0.218 e. The Labute approximate surface area is 155 Å². The SMILES string of the molecule is COC1(OC)[C@]2(Cl)C(Cl)=C(Cl)[C@]1(Cl)[C@H]1C=C(C)[C@@H](NC(C)=O)[C@H]12. The van der Waals surface area contributed by atoms with Crippen LogP contribution in [-0.2, 0) is 14.3 Å². The molecule has 5 atom stereocenters. The summed E-state index contributed by atoms with van der Waals surface area (Å²) in [4.78, 5) is 9.07. The lowest BCUT2D eigenvalue weighted by Gasteiger charge is -2.42. The molecule has 0 aromatic heterocycles. The van der Waals surface area contributed by atoms with E-state index in [1.807, 2.05) is 13.0 Å². The van der Waals surface area contributed by atoms with Crippen molar-refractivity contribution in [2.45, 2.75) is 35.4 Å². The number of allylic oxidation sites excluding steroid dienone is 1. The number of carbonyl (C=O) groups excluding carboxylic acids is 1. The van der Waals surface area contributed by atoms with Crippen molar-refractivity contribution in [3.63, 3.8) is 0 Å². The molecule has 1 N–H and O–H groups in total. The number of methoxy groups -OCH3 is 2. The third kappa shape index (κ3) is 1.70. The molecule has 1 amide bonds. The van der Waals surface area contributed by atoms with Gasteiger partial charge in [-0.15, -0.1) is 23.2 Å². The highest BCUT2D eigenvalue weighted by molar-refractivity contribution is 6.52. The van der Waals surface area contributed by atoms with E-state index >= 15 is 0 Å². The summed E-state index contributed by atoms with van der Waals surface area (Å²) >= 11 is 26.9. The second-order valence-corrected chi connectivity index (χ2v) is 8.17. The van der Waals surface area contributed by atoms with Crippen molar-refractivity contribution < 1.29 is 14.3 Å². The fraction of sp³-hybridized carbons (Fsp3) is 0.667. The molecule has 0 unspecified atom stereocenters. The van der Waals surface area contributed by atoms with Crippen molar-refractivity contribution in [2.24, 2.45) is 11.8 Å². The number of ether oxygens (including phenoxy) is 2. The van der Waals surface area contributed by atoms with Gasteiger partial charge in [-0.1, -0.05) is 34.9 Å². The van der Waals surface area contributed by atoms with E-state index < -0.39 is 15.5 Å². The largest absolute Gasteiger partial charge is 0.350 e. The molecule has 0 heterocycles. The van der Waals surface area contributed by atoms with Crippen LogP contribution in [0.15, 0.2) is 21.7 Å². The zero-order valence-corrected chi connectivity index (χ0v) is 16.1. The lowest BCUT2D eigenvalue weighted by molar-refractivity contribution is -0.220. The molecule has 3 aliphatic carbocycles. The minimum Gasteiger partial charge on any atom is -0.350 e. The Hall–Kier alpha value is 0.0300. The van der Waals surface area contributed by atoms with Crippen molar-refractivity contribution in [3.8, 4) is 0 Å². The third-order valence-corrected chi connectivity index (χ3v) is 7.96. The summed E-state index contributed by atoms with van der Waals surface area (Å²) in [7, 11) is 2.92. The van der Waals surface area contributed by atoms with E-state index in [-0.39, 0.29) is 33.8 Å². The Morgan fingerprint density at radius 3 is 2.17 bits per heavy atom. The van der Waals surface area contributed by atoms with Gasteiger partial charge in [0.25, 0.3) is 0 Å². The number of carbonyl (C=O) groups is 1. The van der Waals surface area contributed by atoms with Crippen LogP contribution in [0.25, 0.3) is 0 Å². The van der Waals surface area contributed by atoms with Gasteiger partial charge in [0.05, 0.1) is 16.1 Å². The average Bonchev–Trinajstić information content (AvgIpc) is 2.94. The fourth-order valence-corrected chi connectivity index (χ4v) is 6.73. The van der Waals surface area contributed by atoms with Gasteiger partial charge in [-0.25, -0.2) is 0 Å². The monoisotopic (exact) mass is 399 g/mol. The highest BCUT2D eigenvalue weighted by Gasteiger charge is 2.86. The van der Waals surface area contributed by atoms with Crippen LogP contribution >= 0.6 is 46.4 Å². The van der Waals surface area contributed by atoms with Crippen molar-refractivity contribution in [3.05, 3.63) is 21.7 Å². The lowest BCUT2D eigenvalue weighted by atomic mass is 9.81. The molecule has 4 nitrogen and oxygen atoms in total. The van der Waals surface area contributed by atoms with Crippen molar-refractivity contribution in [2.75, 3.05) is 14.2 Å². The first-order chi connectivity index (χ1) is 10.6. The molecule has 2 bridgehead atoms. The van der Waals surface area contributed by atoms with E-state index in [2.05, 4.69) is 5.32 Å². The number of alkyl halides is 2. The van der Waals surface area contributed by atoms with Gasteiger partial charge >= 0.3 is 0 Å². The summed E-state index contributed by atoms with van der Waals surface area (Å²) in [5, 5.41) is 3.36. The second-order valence-electron chi connectivity index (χ2n) is 6.22. The van der Waals surface area contributed by atoms with Gasteiger partial charge in [-0.2, -0.15) is 0 Å². The molecule has 0 aromatic carbocycles. The van der Waals surface area contributed by atoms with Gasteiger partial charge in [-0.05, 0) is 6.92 Å². The third-order valence-electron chi connectivity index (χ3n) is 5.32. The van der Waals surface area contributed by atoms with Crippen LogP contribution in [0.5, 0.6) is 0 Å². The first-order valence-electron chi connectivity index (χ1n) is 7.13. The van der Waals surface area contributed by atoms with Gasteiger partial charge in [0, 0.05) is 33.0 Å². The van der Waals surface area contributed by atoms with Crippen LogP contribution < -0.4 is 5.32 Å². The quantitative estimate of drug-likeness (QED) is 0.449. The average molecular weight is 401 g/mol. The van der Waals surface area contributed by atoms with Crippen molar-refractivity contribution in [1.82, 2.24) is 5.32 Å². The standard InChI is InChI=1S/C15H17Cl4NO3/c1-6-5-8-9(10(6)20-7(2)21)14(19)12(17)11(16)13(8,18)15(14,22-3)23-4/h5,8-10H,1-4H3,(H,20,21)/t8-,9-,10+,13+,14+/m0/s1. The first kappa shape index (κ1) is 17.8. The smallest absolute Gasteiger partial charge is 0.218 e. The molecule has 0 saturated heterocycles. The predicted octanol–water partition coefficient (Wildman–Crippen LogP) is 3.34. The first-order valence-corrected chi connectivity index (χ1v) is 8.64. The van der Waals surface area contributed by atoms with Crippen LogP contribution in [0.3, 0.4) is 0 Å². The van der Waals surface area contributed by atoms with Gasteiger partial charge in [0.2, 0.25) is 11.7 Å². The van der Waals surface area contributed by atoms with E-state index in [4.69, 9.17) is 55.9 Å². The van der Waals surface area contributed by atoms with Crippen LogP contribution in [0.4, 0.5) is 0 Å². The molecule has 128 valence electrons. The summed E-state index contributed by atoms with van der Waals surface area (Å²) in [5.41, 5.74) is 0.960. The van der Waals surface area contributed by atoms with Crippen LogP contribution in [0, 0.1) is 11.8 Å². The summed E-state index contributed by atoms with van der Waals surface area (Å²) < 4.78 is 11.3. The molecule has 0 spiro atoms. The van der Waals surface area contributed by atoms with Gasteiger partial charge in [0.1, 0.15) is 9.75 Å². The zero-order valence-electron chi connectivity index (χ0n) is 13.0. The number of rotatable bonds is 3. The highest BCUT2D eigenvalue weighted by Crippen LogP contribution is 2.76. The second kappa shape index (κ2) is 5.26. The molecule has 1 fully saturated rings. The Morgan fingerprint density at radius 2 is 1.70 bits per heavy atom. The van der Waals surface area contributed by atoms with E-state index in [1.165, 1.54) is 21.1 Å². The van der Waals surface area contributed by atoms with Crippen LogP contribution in [0.2, 0.25) is 0 Å². The van der Waals surface area contributed by atoms with E-state index in [0.29, 0.717) is 0 Å². The Balaban J connectivity index is 2.24. The number of hydrogen-bond acceptors (Lipinski definition) is 3. The topological polar surface area (TPSA) is 47.6 Å². The molecular weight excluding hydrogens is 384 g/mol. The van der Waals surface area contributed by atoms with E-state index in [1.54, 1.807) is 0 Å². The Kier molecular flexibility index (Phi) is 4.08. The van der Waals surface area contributed by atoms with Gasteiger partial charge in [0.15, 0.2) is 0 Å². The Bertz CT molecular complexity index is 645. The molecular formula is C15H17Cl4NO3. The van der Waals surface area contributed by atoms with E-state index in [0.717, 1.165) is 5.57 Å². The number of nitrogens with one attached hydrogen (secondary N) is 1. The number of halogens is 4. The summed E-state index contributed by atoms with van der Waals surface area (Å²) in [6, 6.07) is -0.321. The van der Waals surface area contributed by atoms with Crippen LogP contribution in [-0.4, -0.2) is 41.7 Å². The zero-order chi connectivity index (χ0) is 17.4. The molecule has 3 aliphatic rings. The minimum absolute atomic E-state index is 0.165. The highest BCUT2D eigenvalue weighted by atomic mass is 35.5. The minimum atomic E-state index is -1.43. The summed E-state index contributed by atoms with van der Waals surface area (Å²) in [6.07, 6.45) is 1.97. The molecule has 0 aliphatic heterocycles. The molecule has 3 rings (SSSR count). The molecule has 0 radical (unpaired) electrons. The van der Waals surface area contributed by atoms with E-state index in [9.17, 15) is 4.79 Å². The number of fused-ring (bicyclic) bond motifs is 5. The Morgan fingerprint density at radius 1 is 1.17 bits per heavy atom. The molecule has 8 heteroatoms. The van der Waals surface area contributed by atoms with Crippen molar-refractivity contribution >= 4 is 52.3 Å². The fourth-order valence-electron chi connectivity index (χ4n) is 4.53. The molecule has 23 heavy (non-hydrogen) atoms. The van der Waals surface area contributed by atoms with Crippen LogP contribution in [0.1, 0.15) is 13.8 Å². The molecule has 0 aromatic rings. The maximum absolute atomic E-state index is 11.6. The number of hydrogen-bond donors (Lipinski definition) is 1.